The molecule has 0 fully saturated rings. The molecular weight excluding hydrogens is 340 g/mol. The largest absolute Gasteiger partial charge is 0.448 e. The van der Waals surface area contributed by atoms with Crippen LogP contribution < -0.4 is 5.73 Å². The van der Waals surface area contributed by atoms with Gasteiger partial charge in [0.25, 0.3) is 0 Å². The maximum atomic E-state index is 13.6. The molecule has 1 amide bonds. The number of imidazole rings is 1. The summed E-state index contributed by atoms with van der Waals surface area (Å²) in [6, 6.07) is 2.93. The number of fused-ring (bicyclic) bond motifs is 1. The Labute approximate surface area is 121 Å². The Morgan fingerprint density at radius 1 is 1.58 bits per heavy atom. The number of primary amides is 1. The molecular formula is C11H10BrClFN3O2. The Balaban J connectivity index is 2.39. The smallest absolute Gasteiger partial charge is 0.404 e. The van der Waals surface area contributed by atoms with Crippen LogP contribution in [-0.4, -0.2) is 22.3 Å². The summed E-state index contributed by atoms with van der Waals surface area (Å²) in [5, 5.41) is 0. The van der Waals surface area contributed by atoms with Gasteiger partial charge in [-0.05, 0) is 22.0 Å². The summed E-state index contributed by atoms with van der Waals surface area (Å²) in [5.41, 5.74) is 6.08. The Bertz CT molecular complexity index is 632. The third kappa shape index (κ3) is 2.98. The molecule has 1 heterocycles. The summed E-state index contributed by atoms with van der Waals surface area (Å²) in [4.78, 5) is 14.8. The number of aromatic nitrogens is 2. The maximum Gasteiger partial charge on any atom is 0.404 e. The highest BCUT2D eigenvalue weighted by molar-refractivity contribution is 9.10. The van der Waals surface area contributed by atoms with Gasteiger partial charge in [-0.2, -0.15) is 0 Å². The highest BCUT2D eigenvalue weighted by Gasteiger charge is 2.13. The van der Waals surface area contributed by atoms with Gasteiger partial charge in [0.1, 0.15) is 18.2 Å². The molecule has 5 nitrogen and oxygen atoms in total. The molecule has 1 aromatic heterocycles. The van der Waals surface area contributed by atoms with E-state index in [2.05, 4.69) is 25.7 Å². The lowest BCUT2D eigenvalue weighted by molar-refractivity contribution is 0.152. The molecule has 0 bridgehead atoms. The number of ether oxygens (including phenoxy) is 1. The number of alkyl halides is 1. The highest BCUT2D eigenvalue weighted by atomic mass is 79.9. The molecule has 2 rings (SSSR count). The van der Waals surface area contributed by atoms with Crippen LogP contribution in [-0.2, 0) is 17.2 Å². The van der Waals surface area contributed by atoms with Gasteiger partial charge in [0.15, 0.2) is 0 Å². The van der Waals surface area contributed by atoms with E-state index in [0.29, 0.717) is 27.9 Å². The molecule has 0 unspecified atom stereocenters. The van der Waals surface area contributed by atoms with Crippen molar-refractivity contribution in [2.75, 3.05) is 6.61 Å². The van der Waals surface area contributed by atoms with E-state index in [1.807, 2.05) is 0 Å². The Morgan fingerprint density at radius 3 is 2.95 bits per heavy atom. The van der Waals surface area contributed by atoms with Crippen molar-refractivity contribution in [3.63, 3.8) is 0 Å². The van der Waals surface area contributed by atoms with Gasteiger partial charge >= 0.3 is 6.09 Å². The lowest BCUT2D eigenvalue weighted by Gasteiger charge is -2.07. The van der Waals surface area contributed by atoms with Crippen LogP contribution in [0.5, 0.6) is 0 Å². The second-order valence-corrected chi connectivity index (χ2v) is 4.86. The summed E-state index contributed by atoms with van der Waals surface area (Å²) >= 11 is 8.90. The molecule has 1 aromatic carbocycles. The Hall–Kier alpha value is -1.34. The van der Waals surface area contributed by atoms with E-state index in [1.165, 1.54) is 6.07 Å². The monoisotopic (exact) mass is 349 g/mol. The number of rotatable bonds is 4. The number of carbonyl (C=O) groups is 1. The van der Waals surface area contributed by atoms with Crippen molar-refractivity contribution < 1.29 is 13.9 Å². The van der Waals surface area contributed by atoms with Gasteiger partial charge in [-0.3, -0.25) is 0 Å². The average Bonchev–Trinajstić information content (AvgIpc) is 2.67. The van der Waals surface area contributed by atoms with E-state index in [9.17, 15) is 9.18 Å². The molecule has 0 saturated heterocycles. The van der Waals surface area contributed by atoms with Crippen molar-refractivity contribution in [2.45, 2.75) is 12.4 Å². The minimum atomic E-state index is -0.856. The lowest BCUT2D eigenvalue weighted by atomic mass is 10.3. The number of hydrogen-bond donors (Lipinski definition) is 1. The molecule has 8 heteroatoms. The van der Waals surface area contributed by atoms with Gasteiger partial charge in [0, 0.05) is 6.07 Å². The van der Waals surface area contributed by atoms with Crippen molar-refractivity contribution in [3.8, 4) is 0 Å². The molecule has 0 atom stereocenters. The van der Waals surface area contributed by atoms with Crippen LogP contribution in [0.2, 0.25) is 0 Å². The first-order valence-corrected chi connectivity index (χ1v) is 6.68. The van der Waals surface area contributed by atoms with Gasteiger partial charge in [-0.25, -0.2) is 14.2 Å². The summed E-state index contributed by atoms with van der Waals surface area (Å²) in [5.74, 6) is 0.345. The molecule has 0 aliphatic carbocycles. The second-order valence-electron chi connectivity index (χ2n) is 3.74. The van der Waals surface area contributed by atoms with Crippen molar-refractivity contribution in [1.82, 2.24) is 9.55 Å². The first-order valence-electron chi connectivity index (χ1n) is 5.35. The fraction of sp³-hybridized carbons (Fsp3) is 0.273. The third-order valence-electron chi connectivity index (χ3n) is 2.55. The maximum absolute atomic E-state index is 13.6. The van der Waals surface area contributed by atoms with Crippen LogP contribution in [0.15, 0.2) is 16.6 Å². The number of nitrogens with zero attached hydrogens (tertiary/aromatic N) is 2. The number of amides is 1. The van der Waals surface area contributed by atoms with Crippen LogP contribution in [0, 0.1) is 5.82 Å². The first-order chi connectivity index (χ1) is 9.02. The van der Waals surface area contributed by atoms with Crippen LogP contribution >= 0.6 is 27.5 Å². The number of benzene rings is 1. The number of nitrogens with two attached hydrogens (primary N) is 1. The van der Waals surface area contributed by atoms with Gasteiger partial charge in [-0.1, -0.05) is 0 Å². The Kier molecular flexibility index (Phi) is 4.26. The predicted molar refractivity (Wildman–Crippen MR) is 72.5 cm³/mol. The zero-order chi connectivity index (χ0) is 14.0. The molecule has 0 aliphatic heterocycles. The fourth-order valence-corrected chi connectivity index (χ4v) is 2.29. The van der Waals surface area contributed by atoms with Crippen molar-refractivity contribution >= 4 is 44.7 Å². The van der Waals surface area contributed by atoms with E-state index in [0.717, 1.165) is 0 Å². The minimum Gasteiger partial charge on any atom is -0.448 e. The predicted octanol–water partition coefficient (Wildman–Crippen LogP) is 2.77. The minimum absolute atomic E-state index is 0.0718. The summed E-state index contributed by atoms with van der Waals surface area (Å²) in [6.45, 7) is 0.380. The van der Waals surface area contributed by atoms with Gasteiger partial charge in [-0.15, -0.1) is 11.6 Å². The van der Waals surface area contributed by atoms with Crippen molar-refractivity contribution in [2.24, 2.45) is 5.73 Å². The van der Waals surface area contributed by atoms with Crippen LogP contribution in [0.25, 0.3) is 11.0 Å². The van der Waals surface area contributed by atoms with Crippen LogP contribution in [0.1, 0.15) is 5.82 Å². The quantitative estimate of drug-likeness (QED) is 0.862. The van der Waals surface area contributed by atoms with Crippen molar-refractivity contribution in [3.05, 3.63) is 28.2 Å². The zero-order valence-corrected chi connectivity index (χ0v) is 12.0. The number of carbonyl (C=O) groups excluding carboxylic acids is 1. The molecule has 0 aliphatic rings. The van der Waals surface area contributed by atoms with E-state index >= 15 is 0 Å². The summed E-state index contributed by atoms with van der Waals surface area (Å²) in [6.07, 6.45) is -0.856. The molecule has 0 saturated carbocycles. The second kappa shape index (κ2) is 5.75. The summed E-state index contributed by atoms with van der Waals surface area (Å²) in [7, 11) is 0. The van der Waals surface area contributed by atoms with Crippen LogP contribution in [0.3, 0.4) is 0 Å². The van der Waals surface area contributed by atoms with Gasteiger partial charge in [0.2, 0.25) is 0 Å². The first kappa shape index (κ1) is 14.1. The molecule has 0 spiro atoms. The fourth-order valence-electron chi connectivity index (χ4n) is 1.76. The van der Waals surface area contributed by atoms with E-state index in [-0.39, 0.29) is 12.5 Å². The molecule has 2 N–H and O–H groups in total. The SMILES string of the molecule is NC(=O)OCCn1c(CCl)nc2cc(Br)c(F)cc21. The van der Waals surface area contributed by atoms with Gasteiger partial charge in [0.05, 0.1) is 27.9 Å². The zero-order valence-electron chi connectivity index (χ0n) is 9.70. The third-order valence-corrected chi connectivity index (χ3v) is 3.39. The lowest BCUT2D eigenvalue weighted by Crippen LogP contribution is -2.17. The standard InChI is InChI=1S/C11H10BrClFN3O2/c12-6-3-8-9(4-7(6)14)17(10(5-13)16-8)1-2-19-11(15)18/h3-4H,1-2,5H2,(H2,15,18). The van der Waals surface area contributed by atoms with E-state index in [1.54, 1.807) is 10.6 Å². The van der Waals surface area contributed by atoms with E-state index < -0.39 is 11.9 Å². The molecule has 0 radical (unpaired) electrons. The van der Waals surface area contributed by atoms with Crippen LogP contribution in [0.4, 0.5) is 9.18 Å². The van der Waals surface area contributed by atoms with Gasteiger partial charge < -0.3 is 15.0 Å². The molecule has 2 aromatic rings. The Morgan fingerprint density at radius 2 is 2.32 bits per heavy atom. The number of halogens is 3. The topological polar surface area (TPSA) is 70.1 Å². The highest BCUT2D eigenvalue weighted by Crippen LogP contribution is 2.24. The average molecular weight is 351 g/mol. The molecule has 102 valence electrons. The molecule has 19 heavy (non-hydrogen) atoms. The van der Waals surface area contributed by atoms with Crippen molar-refractivity contribution in [1.29, 1.82) is 0 Å². The normalized spacial score (nSPS) is 10.9. The summed E-state index contributed by atoms with van der Waals surface area (Å²) < 4.78 is 20.3. The number of hydrogen-bond acceptors (Lipinski definition) is 3. The van der Waals surface area contributed by atoms with E-state index in [4.69, 9.17) is 17.3 Å².